The van der Waals surface area contributed by atoms with E-state index in [1.165, 1.54) is 24.3 Å². The number of nitrogens with one attached hydrogen (secondary N) is 1. The highest BCUT2D eigenvalue weighted by molar-refractivity contribution is 6.08. The van der Waals surface area contributed by atoms with Gasteiger partial charge in [-0.05, 0) is 24.6 Å². The van der Waals surface area contributed by atoms with Crippen LogP contribution in [0.3, 0.4) is 0 Å². The molecule has 2 heterocycles. The van der Waals surface area contributed by atoms with Gasteiger partial charge in [-0.3, -0.25) is 9.59 Å². The fraction of sp³-hybridized carbons (Fsp3) is 0.130. The molecule has 0 aliphatic heterocycles. The standard InChI is InChI=1S/C23H17F3N4O3/c1-12-18-15(21(32)29-19(20(27)31)13-7-3-2-4-8-13)11-17(28-22(18)33-30-12)14-9-5-6-10-16(14)23(24,25)26/h2-11,19H,1H3,(H2,27,31)(H,29,32). The maximum atomic E-state index is 13.6. The number of aromatic nitrogens is 2. The normalized spacial score (nSPS) is 12.5. The minimum absolute atomic E-state index is 0.0482. The summed E-state index contributed by atoms with van der Waals surface area (Å²) in [5, 5.41) is 6.55. The number of carbonyl (C=O) groups is 2. The van der Waals surface area contributed by atoms with E-state index in [0.717, 1.165) is 6.07 Å². The summed E-state index contributed by atoms with van der Waals surface area (Å²) in [6.45, 7) is 1.57. The van der Waals surface area contributed by atoms with Crippen LogP contribution in [-0.4, -0.2) is 22.0 Å². The molecule has 2 amide bonds. The van der Waals surface area contributed by atoms with E-state index in [-0.39, 0.29) is 27.9 Å². The number of carbonyl (C=O) groups excluding carboxylic acids is 2. The molecule has 4 rings (SSSR count). The summed E-state index contributed by atoms with van der Waals surface area (Å²) in [6, 6.07) is 13.2. The van der Waals surface area contributed by atoms with Gasteiger partial charge in [-0.25, -0.2) is 4.98 Å². The van der Waals surface area contributed by atoms with Crippen LogP contribution in [0.5, 0.6) is 0 Å². The van der Waals surface area contributed by atoms with E-state index in [1.54, 1.807) is 37.3 Å². The minimum Gasteiger partial charge on any atom is -0.368 e. The average Bonchev–Trinajstić information content (AvgIpc) is 3.17. The van der Waals surface area contributed by atoms with Crippen LogP contribution >= 0.6 is 0 Å². The lowest BCUT2D eigenvalue weighted by Gasteiger charge is -2.17. The summed E-state index contributed by atoms with van der Waals surface area (Å²) >= 11 is 0. The SMILES string of the molecule is Cc1noc2nc(-c3ccccc3C(F)(F)F)cc(C(=O)NC(C(N)=O)c3ccccc3)c12. The number of hydrogen-bond donors (Lipinski definition) is 2. The Bertz CT molecular complexity index is 1350. The van der Waals surface area contributed by atoms with Gasteiger partial charge in [0.1, 0.15) is 6.04 Å². The highest BCUT2D eigenvalue weighted by Crippen LogP contribution is 2.37. The zero-order valence-electron chi connectivity index (χ0n) is 17.2. The van der Waals surface area contributed by atoms with Gasteiger partial charge in [-0.15, -0.1) is 0 Å². The number of rotatable bonds is 5. The van der Waals surface area contributed by atoms with Crippen LogP contribution in [0.2, 0.25) is 0 Å². The first-order valence-corrected chi connectivity index (χ1v) is 9.75. The van der Waals surface area contributed by atoms with Crippen LogP contribution in [0.25, 0.3) is 22.4 Å². The van der Waals surface area contributed by atoms with Gasteiger partial charge in [0, 0.05) is 5.56 Å². The topological polar surface area (TPSA) is 111 Å². The van der Waals surface area contributed by atoms with E-state index in [9.17, 15) is 22.8 Å². The molecule has 0 aliphatic carbocycles. The zero-order valence-corrected chi connectivity index (χ0v) is 17.2. The van der Waals surface area contributed by atoms with Crippen molar-refractivity contribution in [3.63, 3.8) is 0 Å². The van der Waals surface area contributed by atoms with E-state index in [4.69, 9.17) is 10.3 Å². The Morgan fingerprint density at radius 1 is 1.06 bits per heavy atom. The third-order valence-corrected chi connectivity index (χ3v) is 5.06. The van der Waals surface area contributed by atoms with Crippen molar-refractivity contribution in [2.24, 2.45) is 5.73 Å². The number of benzene rings is 2. The van der Waals surface area contributed by atoms with Crippen molar-refractivity contribution >= 4 is 22.9 Å². The summed E-state index contributed by atoms with van der Waals surface area (Å²) in [5.41, 5.74) is 4.81. The van der Waals surface area contributed by atoms with Crippen molar-refractivity contribution in [1.82, 2.24) is 15.5 Å². The van der Waals surface area contributed by atoms with Crippen LogP contribution in [-0.2, 0) is 11.0 Å². The molecule has 4 aromatic rings. The molecule has 0 saturated carbocycles. The van der Waals surface area contributed by atoms with Gasteiger partial charge >= 0.3 is 6.18 Å². The molecule has 0 bridgehead atoms. The fourth-order valence-electron chi connectivity index (χ4n) is 3.54. The van der Waals surface area contributed by atoms with Crippen LogP contribution < -0.4 is 11.1 Å². The Morgan fingerprint density at radius 3 is 2.39 bits per heavy atom. The van der Waals surface area contributed by atoms with Crippen molar-refractivity contribution < 1.29 is 27.3 Å². The molecule has 0 aliphatic rings. The second-order valence-electron chi connectivity index (χ2n) is 7.27. The van der Waals surface area contributed by atoms with E-state index in [0.29, 0.717) is 11.3 Å². The highest BCUT2D eigenvalue weighted by Gasteiger charge is 2.34. The van der Waals surface area contributed by atoms with Crippen LogP contribution in [0.4, 0.5) is 13.2 Å². The number of hydrogen-bond acceptors (Lipinski definition) is 5. The molecular formula is C23H17F3N4O3. The molecule has 0 fully saturated rings. The number of pyridine rings is 1. The van der Waals surface area contributed by atoms with Crippen molar-refractivity contribution in [1.29, 1.82) is 0 Å². The van der Waals surface area contributed by atoms with Gasteiger partial charge in [0.2, 0.25) is 5.91 Å². The first kappa shape index (κ1) is 22.0. The molecule has 10 heteroatoms. The fourth-order valence-corrected chi connectivity index (χ4v) is 3.54. The molecular weight excluding hydrogens is 437 g/mol. The van der Waals surface area contributed by atoms with Gasteiger partial charge in [0.25, 0.3) is 11.6 Å². The molecule has 0 spiro atoms. The monoisotopic (exact) mass is 454 g/mol. The third-order valence-electron chi connectivity index (χ3n) is 5.06. The number of aryl methyl sites for hydroxylation is 1. The van der Waals surface area contributed by atoms with Gasteiger partial charge in [0.15, 0.2) is 0 Å². The summed E-state index contributed by atoms with van der Waals surface area (Å²) in [6.07, 6.45) is -4.64. The van der Waals surface area contributed by atoms with Crippen LogP contribution in [0.15, 0.2) is 65.2 Å². The van der Waals surface area contributed by atoms with Crippen molar-refractivity contribution in [2.45, 2.75) is 19.1 Å². The number of fused-ring (bicyclic) bond motifs is 1. The first-order chi connectivity index (χ1) is 15.7. The number of alkyl halides is 3. The molecule has 2 aromatic carbocycles. The van der Waals surface area contributed by atoms with Crippen LogP contribution in [0, 0.1) is 6.92 Å². The summed E-state index contributed by atoms with van der Waals surface area (Å²) in [5.74, 6) is -1.54. The quantitative estimate of drug-likeness (QED) is 0.470. The Hall–Kier alpha value is -4.21. The van der Waals surface area contributed by atoms with E-state index in [2.05, 4.69) is 15.5 Å². The summed E-state index contributed by atoms with van der Waals surface area (Å²) in [7, 11) is 0. The molecule has 33 heavy (non-hydrogen) atoms. The smallest absolute Gasteiger partial charge is 0.368 e. The number of halogens is 3. The van der Waals surface area contributed by atoms with Gasteiger partial charge < -0.3 is 15.6 Å². The lowest BCUT2D eigenvalue weighted by atomic mass is 10.00. The molecule has 168 valence electrons. The Balaban J connectivity index is 1.84. The highest BCUT2D eigenvalue weighted by atomic mass is 19.4. The molecule has 0 saturated heterocycles. The first-order valence-electron chi connectivity index (χ1n) is 9.75. The van der Waals surface area contributed by atoms with Gasteiger partial charge in [-0.2, -0.15) is 13.2 Å². The Morgan fingerprint density at radius 2 is 1.73 bits per heavy atom. The van der Waals surface area contributed by atoms with Gasteiger partial charge in [-0.1, -0.05) is 53.7 Å². The largest absolute Gasteiger partial charge is 0.417 e. The summed E-state index contributed by atoms with van der Waals surface area (Å²) in [4.78, 5) is 29.4. The predicted octanol–water partition coefficient (Wildman–Crippen LogP) is 4.17. The van der Waals surface area contributed by atoms with Crippen LogP contribution in [0.1, 0.15) is 33.2 Å². The predicted molar refractivity (Wildman–Crippen MR) is 113 cm³/mol. The molecule has 3 N–H and O–H groups in total. The summed E-state index contributed by atoms with van der Waals surface area (Å²) < 4.78 is 45.8. The maximum absolute atomic E-state index is 13.6. The van der Waals surface area contributed by atoms with E-state index in [1.807, 2.05) is 0 Å². The molecule has 2 aromatic heterocycles. The van der Waals surface area contributed by atoms with Crippen molar-refractivity contribution in [3.05, 3.63) is 83.0 Å². The van der Waals surface area contributed by atoms with Gasteiger partial charge in [0.05, 0.1) is 27.9 Å². The van der Waals surface area contributed by atoms with Crippen molar-refractivity contribution in [2.75, 3.05) is 0 Å². The van der Waals surface area contributed by atoms with E-state index >= 15 is 0 Å². The number of amides is 2. The molecule has 0 radical (unpaired) electrons. The number of nitrogens with zero attached hydrogens (tertiary/aromatic N) is 2. The average molecular weight is 454 g/mol. The third kappa shape index (κ3) is 4.27. The minimum atomic E-state index is -4.64. The number of primary amides is 1. The molecule has 1 unspecified atom stereocenters. The Kier molecular flexibility index (Phi) is 5.59. The number of nitrogens with two attached hydrogens (primary N) is 1. The second-order valence-corrected chi connectivity index (χ2v) is 7.27. The maximum Gasteiger partial charge on any atom is 0.417 e. The zero-order chi connectivity index (χ0) is 23.8. The molecule has 7 nitrogen and oxygen atoms in total. The molecule has 1 atom stereocenters. The Labute approximate surface area is 185 Å². The van der Waals surface area contributed by atoms with E-state index < -0.39 is 29.6 Å². The lowest BCUT2D eigenvalue weighted by molar-refractivity contribution is -0.137. The lowest BCUT2D eigenvalue weighted by Crippen LogP contribution is -2.37. The van der Waals surface area contributed by atoms with Crippen molar-refractivity contribution in [3.8, 4) is 11.3 Å². The second kappa shape index (κ2) is 8.38.